The van der Waals surface area contributed by atoms with Crippen molar-refractivity contribution in [1.82, 2.24) is 5.32 Å². The number of hydrogen-bond donors (Lipinski definition) is 2. The second-order valence-corrected chi connectivity index (χ2v) is 5.89. The number of halogens is 1. The second-order valence-electron chi connectivity index (χ2n) is 5.89. The molecule has 5 heteroatoms. The summed E-state index contributed by atoms with van der Waals surface area (Å²) in [6, 6.07) is 14.2. The lowest BCUT2D eigenvalue weighted by molar-refractivity contribution is -0.885. The van der Waals surface area contributed by atoms with E-state index in [2.05, 4.69) is 5.32 Å². The van der Waals surface area contributed by atoms with Crippen molar-refractivity contribution in [2.45, 2.75) is 13.0 Å². The average molecular weight is 331 g/mol. The van der Waals surface area contributed by atoms with E-state index in [-0.39, 0.29) is 11.7 Å². The molecular formula is C19H24FN2O2+. The molecule has 0 aliphatic rings. The summed E-state index contributed by atoms with van der Waals surface area (Å²) in [4.78, 5) is 13.0. The van der Waals surface area contributed by atoms with Gasteiger partial charge in [0, 0.05) is 12.1 Å². The van der Waals surface area contributed by atoms with E-state index in [4.69, 9.17) is 4.74 Å². The maximum Gasteiger partial charge on any atom is 0.275 e. The molecule has 0 fully saturated rings. The highest BCUT2D eigenvalue weighted by molar-refractivity contribution is 5.76. The monoisotopic (exact) mass is 331 g/mol. The summed E-state index contributed by atoms with van der Waals surface area (Å²) >= 11 is 0. The fraction of sp³-hybridized carbons (Fsp3) is 0.316. The maximum absolute atomic E-state index is 12.9. The Hall–Kier alpha value is -2.40. The smallest absolute Gasteiger partial charge is 0.275 e. The molecule has 1 amide bonds. The van der Waals surface area contributed by atoms with Crippen LogP contribution in [0.25, 0.3) is 0 Å². The number of ether oxygens (including phenoxy) is 1. The fourth-order valence-corrected chi connectivity index (χ4v) is 2.49. The lowest BCUT2D eigenvalue weighted by Crippen LogP contribution is -3.08. The zero-order valence-electron chi connectivity index (χ0n) is 14.1. The van der Waals surface area contributed by atoms with Crippen LogP contribution in [0.5, 0.6) is 5.75 Å². The highest BCUT2D eigenvalue weighted by Crippen LogP contribution is 2.11. The summed E-state index contributed by atoms with van der Waals surface area (Å²) in [6.07, 6.45) is 0.784. The summed E-state index contributed by atoms with van der Waals surface area (Å²) in [5.41, 5.74) is 2.17. The molecule has 24 heavy (non-hydrogen) atoms. The number of nitrogens with one attached hydrogen (secondary N) is 2. The SMILES string of the molecule is COc1ccc(CCNC(=O)C[NH+](C)Cc2ccc(F)cc2)cc1. The van der Waals surface area contributed by atoms with Crippen molar-refractivity contribution in [2.24, 2.45) is 0 Å². The van der Waals surface area contributed by atoms with Gasteiger partial charge in [0.25, 0.3) is 5.91 Å². The van der Waals surface area contributed by atoms with Crippen molar-refractivity contribution in [3.05, 3.63) is 65.5 Å². The van der Waals surface area contributed by atoms with Crippen molar-refractivity contribution in [3.8, 4) is 5.75 Å². The molecule has 2 aromatic rings. The maximum atomic E-state index is 12.9. The van der Waals surface area contributed by atoms with Crippen LogP contribution in [0, 0.1) is 5.82 Å². The van der Waals surface area contributed by atoms with Crippen LogP contribution in [0.15, 0.2) is 48.5 Å². The first-order valence-corrected chi connectivity index (χ1v) is 8.02. The molecule has 0 spiro atoms. The van der Waals surface area contributed by atoms with Gasteiger partial charge in [0.05, 0.1) is 14.2 Å². The third-order valence-corrected chi connectivity index (χ3v) is 3.78. The van der Waals surface area contributed by atoms with Gasteiger partial charge in [0.2, 0.25) is 0 Å². The Balaban J connectivity index is 1.69. The van der Waals surface area contributed by atoms with Crippen molar-refractivity contribution in [1.29, 1.82) is 0 Å². The van der Waals surface area contributed by atoms with E-state index in [1.54, 1.807) is 19.2 Å². The molecule has 0 aliphatic heterocycles. The van der Waals surface area contributed by atoms with Gasteiger partial charge >= 0.3 is 0 Å². The molecular weight excluding hydrogens is 307 g/mol. The first kappa shape index (κ1) is 17.9. The molecule has 128 valence electrons. The third-order valence-electron chi connectivity index (χ3n) is 3.78. The van der Waals surface area contributed by atoms with E-state index in [9.17, 15) is 9.18 Å². The number of amides is 1. The van der Waals surface area contributed by atoms with Crippen LogP contribution in [0.2, 0.25) is 0 Å². The van der Waals surface area contributed by atoms with Crippen LogP contribution in [0.1, 0.15) is 11.1 Å². The van der Waals surface area contributed by atoms with Crippen molar-refractivity contribution in [3.63, 3.8) is 0 Å². The molecule has 0 radical (unpaired) electrons. The number of hydrogen-bond acceptors (Lipinski definition) is 2. The van der Waals surface area contributed by atoms with E-state index in [0.29, 0.717) is 19.6 Å². The van der Waals surface area contributed by atoms with Crippen LogP contribution in [-0.2, 0) is 17.8 Å². The molecule has 2 N–H and O–H groups in total. The van der Waals surface area contributed by atoms with Gasteiger partial charge in [-0.2, -0.15) is 0 Å². The number of methoxy groups -OCH3 is 1. The molecule has 0 saturated carbocycles. The molecule has 1 unspecified atom stereocenters. The van der Waals surface area contributed by atoms with Gasteiger partial charge in [-0.25, -0.2) is 4.39 Å². The largest absolute Gasteiger partial charge is 0.497 e. The van der Waals surface area contributed by atoms with E-state index in [1.807, 2.05) is 31.3 Å². The van der Waals surface area contributed by atoms with Crippen LogP contribution in [0.3, 0.4) is 0 Å². The summed E-state index contributed by atoms with van der Waals surface area (Å²) in [5.74, 6) is 0.601. The Bertz CT molecular complexity index is 641. The fourth-order valence-electron chi connectivity index (χ4n) is 2.49. The predicted molar refractivity (Wildman–Crippen MR) is 91.6 cm³/mol. The summed E-state index contributed by atoms with van der Waals surface area (Å²) in [5, 5.41) is 2.93. The van der Waals surface area contributed by atoms with Crippen LogP contribution < -0.4 is 15.0 Å². The van der Waals surface area contributed by atoms with Gasteiger partial charge in [-0.05, 0) is 36.2 Å². The van der Waals surface area contributed by atoms with Gasteiger partial charge in [0.15, 0.2) is 6.54 Å². The predicted octanol–water partition coefficient (Wildman–Crippen LogP) is 1.21. The Kier molecular flexibility index (Phi) is 6.75. The van der Waals surface area contributed by atoms with Gasteiger partial charge in [-0.3, -0.25) is 4.79 Å². The van der Waals surface area contributed by atoms with Crippen molar-refractivity contribution >= 4 is 5.91 Å². The second kappa shape index (κ2) is 9.03. The van der Waals surface area contributed by atoms with E-state index in [1.165, 1.54) is 12.1 Å². The normalized spacial score (nSPS) is 11.8. The minimum Gasteiger partial charge on any atom is -0.497 e. The van der Waals surface area contributed by atoms with Gasteiger partial charge in [-0.15, -0.1) is 0 Å². The molecule has 2 rings (SSSR count). The van der Waals surface area contributed by atoms with Gasteiger partial charge < -0.3 is 15.0 Å². The lowest BCUT2D eigenvalue weighted by atomic mass is 10.1. The number of carbonyl (C=O) groups excluding carboxylic acids is 1. The molecule has 0 heterocycles. The summed E-state index contributed by atoms with van der Waals surface area (Å²) in [6.45, 7) is 1.68. The number of quaternary nitrogens is 1. The zero-order valence-corrected chi connectivity index (χ0v) is 14.1. The number of benzene rings is 2. The number of rotatable bonds is 8. The highest BCUT2D eigenvalue weighted by Gasteiger charge is 2.10. The summed E-state index contributed by atoms with van der Waals surface area (Å²) < 4.78 is 18.0. The third kappa shape index (κ3) is 6.01. The van der Waals surface area contributed by atoms with Gasteiger partial charge in [-0.1, -0.05) is 24.3 Å². The Morgan fingerprint density at radius 1 is 1.08 bits per heavy atom. The molecule has 4 nitrogen and oxygen atoms in total. The van der Waals surface area contributed by atoms with Crippen LogP contribution in [-0.4, -0.2) is 33.2 Å². The molecule has 1 atom stereocenters. The standard InChI is InChI=1S/C19H23FN2O2/c1-22(13-16-3-7-17(20)8-4-16)14-19(23)21-12-11-15-5-9-18(24-2)10-6-15/h3-10H,11-14H2,1-2H3,(H,21,23)/p+1. The minimum absolute atomic E-state index is 0.0168. The quantitative estimate of drug-likeness (QED) is 0.764. The lowest BCUT2D eigenvalue weighted by Gasteiger charge is -2.14. The first-order valence-electron chi connectivity index (χ1n) is 8.02. The van der Waals surface area contributed by atoms with Crippen molar-refractivity contribution < 1.29 is 18.8 Å². The Morgan fingerprint density at radius 3 is 2.33 bits per heavy atom. The molecule has 2 aromatic carbocycles. The minimum atomic E-state index is -0.243. The zero-order chi connectivity index (χ0) is 17.4. The first-order chi connectivity index (χ1) is 11.6. The Labute approximate surface area is 142 Å². The number of likely N-dealkylation sites (N-methyl/N-ethyl adjacent to an activating group) is 1. The molecule has 0 aliphatic carbocycles. The van der Waals surface area contributed by atoms with E-state index < -0.39 is 0 Å². The van der Waals surface area contributed by atoms with Crippen LogP contribution in [0.4, 0.5) is 4.39 Å². The number of carbonyl (C=O) groups is 1. The van der Waals surface area contributed by atoms with Gasteiger partial charge in [0.1, 0.15) is 18.1 Å². The Morgan fingerprint density at radius 2 is 1.71 bits per heavy atom. The average Bonchev–Trinajstić information content (AvgIpc) is 2.57. The van der Waals surface area contributed by atoms with E-state index >= 15 is 0 Å². The molecule has 0 aromatic heterocycles. The van der Waals surface area contributed by atoms with Crippen LogP contribution >= 0.6 is 0 Å². The molecule has 0 saturated heterocycles. The van der Waals surface area contributed by atoms with E-state index in [0.717, 1.165) is 28.2 Å². The highest BCUT2D eigenvalue weighted by atomic mass is 19.1. The van der Waals surface area contributed by atoms with Crippen molar-refractivity contribution in [2.75, 3.05) is 27.2 Å². The molecule has 0 bridgehead atoms. The summed E-state index contributed by atoms with van der Waals surface area (Å²) in [7, 11) is 3.59. The topological polar surface area (TPSA) is 42.8 Å².